The Morgan fingerprint density at radius 1 is 1.00 bits per heavy atom. The number of carbonyl (C=O) groups is 2. The van der Waals surface area contributed by atoms with Gasteiger partial charge in [-0.25, -0.2) is 0 Å². The molecule has 2 aromatic carbocycles. The van der Waals surface area contributed by atoms with E-state index in [4.69, 9.17) is 5.26 Å². The van der Waals surface area contributed by atoms with Gasteiger partial charge in [-0.2, -0.15) is 5.26 Å². The standard InChI is InChI=1S/C22H24N4O2S/c23-14-18-6-8-19(9-7-18)16-29-17-22(28)26-12-10-25(11-13-26)15-21(27)24-20-4-2-1-3-5-20/h1-9H,10-13,15-17H2,(H,24,27). The van der Waals surface area contributed by atoms with Crippen molar-refractivity contribution >= 4 is 29.3 Å². The molecule has 29 heavy (non-hydrogen) atoms. The van der Waals surface area contributed by atoms with Crippen LogP contribution in [-0.4, -0.2) is 60.1 Å². The summed E-state index contributed by atoms with van der Waals surface area (Å²) in [4.78, 5) is 28.5. The summed E-state index contributed by atoms with van der Waals surface area (Å²) in [7, 11) is 0. The molecule has 2 amide bonds. The van der Waals surface area contributed by atoms with Gasteiger partial charge in [0.15, 0.2) is 0 Å². The fourth-order valence-corrected chi connectivity index (χ4v) is 3.99. The number of nitrogens with zero attached hydrogens (tertiary/aromatic N) is 3. The molecule has 0 atom stereocenters. The maximum atomic E-state index is 12.4. The van der Waals surface area contributed by atoms with E-state index in [-0.39, 0.29) is 11.8 Å². The molecule has 3 rings (SSSR count). The molecule has 7 heteroatoms. The number of amides is 2. The van der Waals surface area contributed by atoms with Crippen molar-refractivity contribution in [3.05, 3.63) is 65.7 Å². The fourth-order valence-electron chi connectivity index (χ4n) is 3.10. The third-order valence-corrected chi connectivity index (χ3v) is 5.72. The van der Waals surface area contributed by atoms with Crippen LogP contribution in [0.3, 0.4) is 0 Å². The van der Waals surface area contributed by atoms with Gasteiger partial charge in [0.1, 0.15) is 0 Å². The lowest BCUT2D eigenvalue weighted by atomic mass is 10.2. The van der Waals surface area contributed by atoms with Crippen molar-refractivity contribution in [1.29, 1.82) is 5.26 Å². The second-order valence-electron chi connectivity index (χ2n) is 6.87. The van der Waals surface area contributed by atoms with Crippen LogP contribution in [0.4, 0.5) is 5.69 Å². The Bertz CT molecular complexity index is 857. The maximum absolute atomic E-state index is 12.4. The van der Waals surface area contributed by atoms with Crippen LogP contribution in [0.15, 0.2) is 54.6 Å². The molecule has 1 aliphatic heterocycles. The number of hydrogen-bond acceptors (Lipinski definition) is 5. The number of benzene rings is 2. The van der Waals surface area contributed by atoms with Crippen molar-refractivity contribution in [2.75, 3.05) is 43.8 Å². The highest BCUT2D eigenvalue weighted by molar-refractivity contribution is 7.99. The molecule has 1 fully saturated rings. The number of thioether (sulfide) groups is 1. The van der Waals surface area contributed by atoms with Gasteiger partial charge in [0, 0.05) is 37.6 Å². The SMILES string of the molecule is N#Cc1ccc(CSCC(=O)N2CCN(CC(=O)Nc3ccccc3)CC2)cc1. The first-order valence-electron chi connectivity index (χ1n) is 9.56. The van der Waals surface area contributed by atoms with Crippen molar-refractivity contribution in [3.8, 4) is 6.07 Å². The van der Waals surface area contributed by atoms with Gasteiger partial charge < -0.3 is 10.2 Å². The largest absolute Gasteiger partial charge is 0.339 e. The summed E-state index contributed by atoms with van der Waals surface area (Å²) in [6, 6.07) is 19.0. The third kappa shape index (κ3) is 6.63. The second-order valence-corrected chi connectivity index (χ2v) is 7.86. The first-order valence-corrected chi connectivity index (χ1v) is 10.7. The summed E-state index contributed by atoms with van der Waals surface area (Å²) in [5.74, 6) is 1.29. The fraction of sp³-hybridized carbons (Fsp3) is 0.318. The zero-order chi connectivity index (χ0) is 20.5. The molecule has 0 bridgehead atoms. The molecular weight excluding hydrogens is 384 g/mol. The molecule has 150 valence electrons. The molecule has 1 saturated heterocycles. The molecule has 0 saturated carbocycles. The van der Waals surface area contributed by atoms with Crippen molar-refractivity contribution < 1.29 is 9.59 Å². The highest BCUT2D eigenvalue weighted by Gasteiger charge is 2.22. The van der Waals surface area contributed by atoms with E-state index >= 15 is 0 Å². The highest BCUT2D eigenvalue weighted by Crippen LogP contribution is 2.14. The summed E-state index contributed by atoms with van der Waals surface area (Å²) in [6.45, 7) is 3.04. The normalized spacial score (nSPS) is 14.2. The number of para-hydroxylation sites is 1. The van der Waals surface area contributed by atoms with E-state index in [1.165, 1.54) is 0 Å². The Morgan fingerprint density at radius 2 is 1.69 bits per heavy atom. The topological polar surface area (TPSA) is 76.4 Å². The first kappa shape index (κ1) is 20.9. The van der Waals surface area contributed by atoms with Crippen LogP contribution >= 0.6 is 11.8 Å². The molecule has 0 aromatic heterocycles. The van der Waals surface area contributed by atoms with E-state index in [0.29, 0.717) is 44.0 Å². The predicted octanol–water partition coefficient (Wildman–Crippen LogP) is 2.57. The zero-order valence-corrected chi connectivity index (χ0v) is 17.0. The van der Waals surface area contributed by atoms with Gasteiger partial charge in [0.25, 0.3) is 0 Å². The van der Waals surface area contributed by atoms with Crippen molar-refractivity contribution in [2.45, 2.75) is 5.75 Å². The first-order chi connectivity index (χ1) is 14.1. The Kier molecular flexibility index (Phi) is 7.68. The van der Waals surface area contributed by atoms with Gasteiger partial charge in [-0.15, -0.1) is 11.8 Å². The maximum Gasteiger partial charge on any atom is 0.238 e. The number of piperazine rings is 1. The Hall–Kier alpha value is -2.82. The number of anilines is 1. The average molecular weight is 409 g/mol. The van der Waals surface area contributed by atoms with E-state index in [0.717, 1.165) is 17.0 Å². The molecular formula is C22H24N4O2S. The van der Waals surface area contributed by atoms with E-state index < -0.39 is 0 Å². The van der Waals surface area contributed by atoms with Gasteiger partial charge in [0.05, 0.1) is 23.9 Å². The van der Waals surface area contributed by atoms with Crippen molar-refractivity contribution in [3.63, 3.8) is 0 Å². The van der Waals surface area contributed by atoms with Crippen LogP contribution in [0.25, 0.3) is 0 Å². The minimum absolute atomic E-state index is 0.0334. The van der Waals surface area contributed by atoms with E-state index in [9.17, 15) is 9.59 Å². The van der Waals surface area contributed by atoms with Crippen LogP contribution in [0.1, 0.15) is 11.1 Å². The molecule has 1 N–H and O–H groups in total. The second kappa shape index (κ2) is 10.6. The minimum Gasteiger partial charge on any atom is -0.339 e. The van der Waals surface area contributed by atoms with Crippen LogP contribution < -0.4 is 5.32 Å². The van der Waals surface area contributed by atoms with Gasteiger partial charge in [-0.1, -0.05) is 30.3 Å². The predicted molar refractivity (Wildman–Crippen MR) is 115 cm³/mol. The summed E-state index contributed by atoms with van der Waals surface area (Å²) in [5, 5.41) is 11.7. The average Bonchev–Trinajstić information content (AvgIpc) is 2.75. The lowest BCUT2D eigenvalue weighted by molar-refractivity contribution is -0.130. The summed E-state index contributed by atoms with van der Waals surface area (Å²) < 4.78 is 0. The molecule has 0 radical (unpaired) electrons. The molecule has 2 aromatic rings. The van der Waals surface area contributed by atoms with Crippen molar-refractivity contribution in [1.82, 2.24) is 9.80 Å². The Labute approximate surface area is 175 Å². The summed E-state index contributed by atoms with van der Waals surface area (Å²) in [5.41, 5.74) is 2.55. The van der Waals surface area contributed by atoms with Gasteiger partial charge >= 0.3 is 0 Å². The summed E-state index contributed by atoms with van der Waals surface area (Å²) >= 11 is 1.58. The highest BCUT2D eigenvalue weighted by atomic mass is 32.2. The van der Waals surface area contributed by atoms with Gasteiger partial charge in [0.2, 0.25) is 11.8 Å². The van der Waals surface area contributed by atoms with E-state index in [2.05, 4.69) is 16.3 Å². The van der Waals surface area contributed by atoms with Crippen LogP contribution in [0, 0.1) is 11.3 Å². The van der Waals surface area contributed by atoms with Crippen molar-refractivity contribution in [2.24, 2.45) is 0 Å². The van der Waals surface area contributed by atoms with Gasteiger partial charge in [-0.3, -0.25) is 14.5 Å². The minimum atomic E-state index is -0.0334. The lowest BCUT2D eigenvalue weighted by Crippen LogP contribution is -2.50. The lowest BCUT2D eigenvalue weighted by Gasteiger charge is -2.34. The quantitative estimate of drug-likeness (QED) is 0.762. The summed E-state index contributed by atoms with van der Waals surface area (Å²) in [6.07, 6.45) is 0. The number of carbonyl (C=O) groups excluding carboxylic acids is 2. The van der Waals surface area contributed by atoms with Crippen LogP contribution in [0.2, 0.25) is 0 Å². The third-order valence-electron chi connectivity index (χ3n) is 4.73. The molecule has 1 heterocycles. The van der Waals surface area contributed by atoms with Crippen LogP contribution in [-0.2, 0) is 15.3 Å². The van der Waals surface area contributed by atoms with E-state index in [1.54, 1.807) is 23.9 Å². The Balaban J connectivity index is 1.34. The number of nitrogens with one attached hydrogen (secondary N) is 1. The number of hydrogen-bond donors (Lipinski definition) is 1. The monoisotopic (exact) mass is 408 g/mol. The van der Waals surface area contributed by atoms with Gasteiger partial charge in [-0.05, 0) is 29.8 Å². The Morgan fingerprint density at radius 3 is 2.34 bits per heavy atom. The smallest absolute Gasteiger partial charge is 0.238 e. The van der Waals surface area contributed by atoms with Crippen LogP contribution in [0.5, 0.6) is 0 Å². The number of rotatable bonds is 7. The zero-order valence-electron chi connectivity index (χ0n) is 16.2. The molecule has 0 unspecified atom stereocenters. The molecule has 1 aliphatic rings. The molecule has 0 spiro atoms. The number of nitriles is 1. The van der Waals surface area contributed by atoms with E-state index in [1.807, 2.05) is 47.4 Å². The molecule has 6 nitrogen and oxygen atoms in total. The molecule has 0 aliphatic carbocycles.